The molecular weight excluding hydrogens is 212 g/mol. The summed E-state index contributed by atoms with van der Waals surface area (Å²) in [7, 11) is 0. The van der Waals surface area contributed by atoms with Crippen molar-refractivity contribution in [3.8, 4) is 6.07 Å². The highest BCUT2D eigenvalue weighted by molar-refractivity contribution is 5.07. The highest BCUT2D eigenvalue weighted by Gasteiger charge is 2.33. The van der Waals surface area contributed by atoms with Crippen molar-refractivity contribution >= 4 is 0 Å². The minimum Gasteiger partial charge on any atom is -0.378 e. The summed E-state index contributed by atoms with van der Waals surface area (Å²) >= 11 is 0. The number of unbranched alkanes of at least 4 members (excludes halogenated alkanes) is 2. The van der Waals surface area contributed by atoms with Crippen LogP contribution in [0.1, 0.15) is 59.3 Å². The minimum atomic E-state index is -0.425. The van der Waals surface area contributed by atoms with Gasteiger partial charge in [-0.15, -0.1) is 0 Å². The van der Waals surface area contributed by atoms with Crippen LogP contribution in [0.3, 0.4) is 0 Å². The molecule has 1 aliphatic rings. The Morgan fingerprint density at radius 3 is 2.71 bits per heavy atom. The van der Waals surface area contributed by atoms with Gasteiger partial charge in [-0.05, 0) is 33.1 Å². The first-order chi connectivity index (χ1) is 8.09. The number of hydrogen-bond donors (Lipinski definition) is 1. The fourth-order valence-corrected chi connectivity index (χ4v) is 2.09. The topological polar surface area (TPSA) is 45.0 Å². The zero-order chi connectivity index (χ0) is 12.7. The van der Waals surface area contributed by atoms with E-state index in [2.05, 4.69) is 25.2 Å². The van der Waals surface area contributed by atoms with Crippen molar-refractivity contribution in [3.63, 3.8) is 0 Å². The summed E-state index contributed by atoms with van der Waals surface area (Å²) in [6.45, 7) is 7.06. The van der Waals surface area contributed by atoms with E-state index in [4.69, 9.17) is 4.74 Å². The smallest absolute Gasteiger partial charge is 0.106 e. The predicted molar refractivity (Wildman–Crippen MR) is 69.7 cm³/mol. The largest absolute Gasteiger partial charge is 0.378 e. The Morgan fingerprint density at radius 1 is 1.47 bits per heavy atom. The van der Waals surface area contributed by atoms with Crippen molar-refractivity contribution < 1.29 is 4.74 Å². The van der Waals surface area contributed by atoms with Gasteiger partial charge in [0.05, 0.1) is 12.2 Å². The third-order valence-electron chi connectivity index (χ3n) is 3.19. The molecule has 0 aromatic heterocycles. The fraction of sp³-hybridized carbons (Fsp3) is 0.929. The zero-order valence-corrected chi connectivity index (χ0v) is 11.5. The van der Waals surface area contributed by atoms with Crippen LogP contribution in [-0.4, -0.2) is 24.3 Å². The molecule has 3 heteroatoms. The molecule has 0 aromatic rings. The summed E-state index contributed by atoms with van der Waals surface area (Å²) in [6, 6.07) is 2.95. The van der Waals surface area contributed by atoms with Crippen LogP contribution >= 0.6 is 0 Å². The van der Waals surface area contributed by atoms with Gasteiger partial charge in [-0.3, -0.25) is 5.32 Å². The predicted octanol–water partition coefficient (Wildman–Crippen LogP) is 3.01. The van der Waals surface area contributed by atoms with Gasteiger partial charge in [-0.2, -0.15) is 5.26 Å². The Morgan fingerprint density at radius 2 is 2.18 bits per heavy atom. The lowest BCUT2D eigenvalue weighted by Crippen LogP contribution is -2.45. The molecule has 1 saturated carbocycles. The van der Waals surface area contributed by atoms with E-state index in [-0.39, 0.29) is 6.10 Å². The van der Waals surface area contributed by atoms with Gasteiger partial charge in [-0.25, -0.2) is 0 Å². The van der Waals surface area contributed by atoms with Crippen molar-refractivity contribution in [2.24, 2.45) is 0 Å². The van der Waals surface area contributed by atoms with Gasteiger partial charge in [0.1, 0.15) is 5.54 Å². The molecule has 0 aliphatic heterocycles. The normalized spacial score (nSPS) is 20.6. The molecule has 0 amide bonds. The molecule has 0 aromatic carbocycles. The molecule has 0 bridgehead atoms. The van der Waals surface area contributed by atoms with E-state index in [0.29, 0.717) is 6.04 Å². The van der Waals surface area contributed by atoms with Crippen molar-refractivity contribution in [2.75, 3.05) is 6.61 Å². The quantitative estimate of drug-likeness (QED) is 0.628. The average Bonchev–Trinajstić information content (AvgIpc) is 3.08. The first kappa shape index (κ1) is 14.5. The monoisotopic (exact) mass is 238 g/mol. The molecule has 1 fully saturated rings. The summed E-state index contributed by atoms with van der Waals surface area (Å²) in [6.07, 6.45) is 6.92. The molecule has 1 N–H and O–H groups in total. The standard InChI is InChI=1S/C14H26N2O/c1-4-5-6-9-17-12(2)10-14(3,11-15)16-13-7-8-13/h12-13,16H,4-10H2,1-3H3. The number of rotatable bonds is 9. The van der Waals surface area contributed by atoms with E-state index in [9.17, 15) is 5.26 Å². The van der Waals surface area contributed by atoms with Gasteiger partial charge in [0.2, 0.25) is 0 Å². The fourth-order valence-electron chi connectivity index (χ4n) is 2.09. The van der Waals surface area contributed by atoms with Crippen LogP contribution in [0, 0.1) is 11.3 Å². The second-order valence-corrected chi connectivity index (χ2v) is 5.46. The minimum absolute atomic E-state index is 0.155. The number of nitriles is 1. The van der Waals surface area contributed by atoms with E-state index in [1.165, 1.54) is 25.7 Å². The molecule has 0 saturated heterocycles. The van der Waals surface area contributed by atoms with E-state index >= 15 is 0 Å². The number of nitrogens with zero attached hydrogens (tertiary/aromatic N) is 1. The van der Waals surface area contributed by atoms with Gasteiger partial charge < -0.3 is 4.74 Å². The Balaban J connectivity index is 2.21. The Labute approximate surface area is 106 Å². The lowest BCUT2D eigenvalue weighted by Gasteiger charge is -2.26. The second-order valence-electron chi connectivity index (χ2n) is 5.46. The lowest BCUT2D eigenvalue weighted by atomic mass is 9.96. The molecule has 1 rings (SSSR count). The maximum absolute atomic E-state index is 9.25. The van der Waals surface area contributed by atoms with Crippen LogP contribution in [0.4, 0.5) is 0 Å². The Bertz CT molecular complexity index is 257. The van der Waals surface area contributed by atoms with Crippen LogP contribution in [0.2, 0.25) is 0 Å². The molecule has 0 heterocycles. The molecule has 98 valence electrons. The summed E-state index contributed by atoms with van der Waals surface area (Å²) in [5.74, 6) is 0. The average molecular weight is 238 g/mol. The van der Waals surface area contributed by atoms with E-state index in [1.54, 1.807) is 0 Å². The number of ether oxygens (including phenoxy) is 1. The van der Waals surface area contributed by atoms with E-state index in [1.807, 2.05) is 6.92 Å². The Kier molecular flexibility index (Phi) is 5.94. The molecule has 3 nitrogen and oxygen atoms in total. The lowest BCUT2D eigenvalue weighted by molar-refractivity contribution is 0.0451. The molecule has 0 spiro atoms. The highest BCUT2D eigenvalue weighted by atomic mass is 16.5. The van der Waals surface area contributed by atoms with E-state index < -0.39 is 5.54 Å². The van der Waals surface area contributed by atoms with Gasteiger partial charge in [-0.1, -0.05) is 19.8 Å². The maximum atomic E-state index is 9.25. The Hall–Kier alpha value is -0.590. The van der Waals surface area contributed by atoms with Crippen LogP contribution in [0.25, 0.3) is 0 Å². The second kappa shape index (κ2) is 6.98. The SMILES string of the molecule is CCCCCOC(C)CC(C)(C#N)NC1CC1. The first-order valence-electron chi connectivity index (χ1n) is 6.90. The van der Waals surface area contributed by atoms with Crippen LogP contribution in [-0.2, 0) is 4.74 Å². The summed E-state index contributed by atoms with van der Waals surface area (Å²) in [4.78, 5) is 0. The number of nitrogens with one attached hydrogen (secondary N) is 1. The molecule has 2 atom stereocenters. The maximum Gasteiger partial charge on any atom is 0.106 e. The summed E-state index contributed by atoms with van der Waals surface area (Å²) in [5, 5.41) is 12.7. The van der Waals surface area contributed by atoms with Crippen LogP contribution in [0.5, 0.6) is 0 Å². The van der Waals surface area contributed by atoms with Crippen molar-refractivity contribution in [3.05, 3.63) is 0 Å². The van der Waals surface area contributed by atoms with Gasteiger partial charge in [0, 0.05) is 19.1 Å². The molecule has 17 heavy (non-hydrogen) atoms. The van der Waals surface area contributed by atoms with Gasteiger partial charge >= 0.3 is 0 Å². The third-order valence-corrected chi connectivity index (χ3v) is 3.19. The van der Waals surface area contributed by atoms with Crippen LogP contribution < -0.4 is 5.32 Å². The number of hydrogen-bond acceptors (Lipinski definition) is 3. The van der Waals surface area contributed by atoms with Crippen molar-refractivity contribution in [1.82, 2.24) is 5.32 Å². The van der Waals surface area contributed by atoms with Gasteiger partial charge in [0.25, 0.3) is 0 Å². The van der Waals surface area contributed by atoms with E-state index in [0.717, 1.165) is 19.4 Å². The third kappa shape index (κ3) is 6.05. The molecule has 1 aliphatic carbocycles. The van der Waals surface area contributed by atoms with Gasteiger partial charge in [0.15, 0.2) is 0 Å². The molecule has 2 unspecified atom stereocenters. The van der Waals surface area contributed by atoms with Crippen molar-refractivity contribution in [1.29, 1.82) is 5.26 Å². The zero-order valence-electron chi connectivity index (χ0n) is 11.5. The summed E-state index contributed by atoms with van der Waals surface area (Å²) < 4.78 is 5.75. The highest BCUT2D eigenvalue weighted by Crippen LogP contribution is 2.25. The first-order valence-corrected chi connectivity index (χ1v) is 6.90. The molecular formula is C14H26N2O. The summed E-state index contributed by atoms with van der Waals surface area (Å²) in [5.41, 5.74) is -0.425. The van der Waals surface area contributed by atoms with Crippen LogP contribution in [0.15, 0.2) is 0 Å². The van der Waals surface area contributed by atoms with Crippen molar-refractivity contribution in [2.45, 2.75) is 77.0 Å². The molecule has 0 radical (unpaired) electrons.